The lowest BCUT2D eigenvalue weighted by Crippen LogP contribution is -2.18. The molecule has 0 unspecified atom stereocenters. The number of rotatable bonds is 5. The van der Waals surface area contributed by atoms with Crippen LogP contribution in [0.15, 0.2) is 29.6 Å². The average Bonchev–Trinajstić information content (AvgIpc) is 3.16. The summed E-state index contributed by atoms with van der Waals surface area (Å²) in [5.74, 6) is 0.850. The highest BCUT2D eigenvalue weighted by Crippen LogP contribution is 2.31. The van der Waals surface area contributed by atoms with Crippen LogP contribution >= 0.6 is 11.3 Å². The van der Waals surface area contributed by atoms with E-state index in [4.69, 9.17) is 9.47 Å². The van der Waals surface area contributed by atoms with Crippen LogP contribution in [0.25, 0.3) is 11.3 Å². The van der Waals surface area contributed by atoms with Crippen molar-refractivity contribution < 1.29 is 9.47 Å². The molecular formula is C15H18N2O2S. The lowest BCUT2D eigenvalue weighted by Gasteiger charge is -2.09. The molecule has 0 spiro atoms. The van der Waals surface area contributed by atoms with E-state index in [9.17, 15) is 0 Å². The molecule has 0 bridgehead atoms. The van der Waals surface area contributed by atoms with E-state index in [1.54, 1.807) is 18.4 Å². The number of aromatic nitrogens is 1. The van der Waals surface area contributed by atoms with Crippen LogP contribution < -0.4 is 10.1 Å². The Morgan fingerprint density at radius 3 is 3.15 bits per heavy atom. The van der Waals surface area contributed by atoms with E-state index >= 15 is 0 Å². The molecule has 0 aliphatic carbocycles. The second-order valence-corrected chi connectivity index (χ2v) is 5.61. The first-order chi connectivity index (χ1) is 9.86. The van der Waals surface area contributed by atoms with Crippen molar-refractivity contribution in [3.63, 3.8) is 0 Å². The van der Waals surface area contributed by atoms with Crippen LogP contribution in [0.3, 0.4) is 0 Å². The van der Waals surface area contributed by atoms with Crippen molar-refractivity contribution in [3.05, 3.63) is 29.6 Å². The van der Waals surface area contributed by atoms with Gasteiger partial charge >= 0.3 is 0 Å². The van der Waals surface area contributed by atoms with Crippen molar-refractivity contribution >= 4 is 16.5 Å². The molecule has 4 nitrogen and oxygen atoms in total. The number of anilines is 1. The molecule has 0 radical (unpaired) electrons. The van der Waals surface area contributed by atoms with Crippen LogP contribution in [0.4, 0.5) is 5.13 Å². The molecule has 106 valence electrons. The summed E-state index contributed by atoms with van der Waals surface area (Å²) in [5.41, 5.74) is 1.97. The van der Waals surface area contributed by atoms with Crippen LogP contribution in [-0.2, 0) is 4.74 Å². The molecule has 3 rings (SSSR count). The van der Waals surface area contributed by atoms with Crippen LogP contribution in [0.2, 0.25) is 0 Å². The predicted octanol–water partition coefficient (Wildman–Crippen LogP) is 3.41. The number of nitrogens with one attached hydrogen (secondary N) is 1. The van der Waals surface area contributed by atoms with Gasteiger partial charge in [-0.2, -0.15) is 0 Å². The van der Waals surface area contributed by atoms with Gasteiger partial charge in [0, 0.05) is 24.1 Å². The minimum absolute atomic E-state index is 0.327. The van der Waals surface area contributed by atoms with Gasteiger partial charge < -0.3 is 14.8 Å². The molecule has 1 atom stereocenters. The Morgan fingerprint density at radius 2 is 2.35 bits per heavy atom. The van der Waals surface area contributed by atoms with Gasteiger partial charge in [-0.3, -0.25) is 0 Å². The lowest BCUT2D eigenvalue weighted by atomic mass is 10.1. The molecule has 20 heavy (non-hydrogen) atoms. The van der Waals surface area contributed by atoms with Crippen molar-refractivity contribution in [1.29, 1.82) is 0 Å². The minimum Gasteiger partial charge on any atom is -0.496 e. The Bertz CT molecular complexity index is 565. The number of hydrogen-bond donors (Lipinski definition) is 1. The van der Waals surface area contributed by atoms with Gasteiger partial charge in [0.1, 0.15) is 5.75 Å². The molecule has 2 heterocycles. The number of benzene rings is 1. The third kappa shape index (κ3) is 2.94. The van der Waals surface area contributed by atoms with Gasteiger partial charge in [0.25, 0.3) is 0 Å². The Kier molecular flexibility index (Phi) is 4.18. The average molecular weight is 290 g/mol. The molecule has 1 aliphatic rings. The third-order valence-corrected chi connectivity index (χ3v) is 4.19. The van der Waals surface area contributed by atoms with Gasteiger partial charge in [-0.15, -0.1) is 11.3 Å². The molecular weight excluding hydrogens is 272 g/mol. The lowest BCUT2D eigenvalue weighted by molar-refractivity contribution is 0.120. The number of hydrogen-bond acceptors (Lipinski definition) is 5. The van der Waals surface area contributed by atoms with Gasteiger partial charge in [0.2, 0.25) is 0 Å². The fraction of sp³-hybridized carbons (Fsp3) is 0.400. The standard InChI is InChI=1S/C15H18N2O2S/c1-18-14-7-3-2-6-12(14)13-10-20-15(17-13)16-9-11-5-4-8-19-11/h2-3,6-7,10-11H,4-5,8-9H2,1H3,(H,16,17)/t11-/m0/s1. The van der Waals surface area contributed by atoms with Crippen LogP contribution in [0.1, 0.15) is 12.8 Å². The third-order valence-electron chi connectivity index (χ3n) is 3.39. The first-order valence-corrected chi connectivity index (χ1v) is 7.69. The normalized spacial score (nSPS) is 18.1. The fourth-order valence-corrected chi connectivity index (χ4v) is 3.06. The molecule has 5 heteroatoms. The monoisotopic (exact) mass is 290 g/mol. The van der Waals surface area contributed by atoms with E-state index in [2.05, 4.69) is 15.7 Å². The van der Waals surface area contributed by atoms with E-state index in [1.165, 1.54) is 0 Å². The first-order valence-electron chi connectivity index (χ1n) is 6.81. The molecule has 1 aromatic carbocycles. The summed E-state index contributed by atoms with van der Waals surface area (Å²) in [4.78, 5) is 4.62. The molecule has 1 fully saturated rings. The van der Waals surface area contributed by atoms with Crippen LogP contribution in [-0.4, -0.2) is 31.3 Å². The zero-order valence-corrected chi connectivity index (χ0v) is 12.3. The van der Waals surface area contributed by atoms with Crippen molar-refractivity contribution in [2.24, 2.45) is 0 Å². The number of methoxy groups -OCH3 is 1. The van der Waals surface area contributed by atoms with Gasteiger partial charge in [0.15, 0.2) is 5.13 Å². The highest BCUT2D eigenvalue weighted by molar-refractivity contribution is 7.14. The maximum atomic E-state index is 5.60. The summed E-state index contributed by atoms with van der Waals surface area (Å²) in [7, 11) is 1.68. The SMILES string of the molecule is COc1ccccc1-c1csc(NC[C@@H]2CCCO2)n1. The van der Waals surface area contributed by atoms with Crippen LogP contribution in [0, 0.1) is 0 Å². The maximum Gasteiger partial charge on any atom is 0.183 e. The minimum atomic E-state index is 0.327. The summed E-state index contributed by atoms with van der Waals surface area (Å²) < 4.78 is 11.0. The predicted molar refractivity (Wildman–Crippen MR) is 81.6 cm³/mol. The Morgan fingerprint density at radius 1 is 1.45 bits per heavy atom. The van der Waals surface area contributed by atoms with Crippen molar-refractivity contribution in [3.8, 4) is 17.0 Å². The van der Waals surface area contributed by atoms with Crippen molar-refractivity contribution in [2.75, 3.05) is 25.6 Å². The summed E-state index contributed by atoms with van der Waals surface area (Å²) in [6.45, 7) is 1.72. The fourth-order valence-electron chi connectivity index (χ4n) is 2.34. The quantitative estimate of drug-likeness (QED) is 0.916. The first kappa shape index (κ1) is 13.4. The highest BCUT2D eigenvalue weighted by Gasteiger charge is 2.16. The Labute approximate surface area is 122 Å². The van der Waals surface area contributed by atoms with Gasteiger partial charge in [-0.05, 0) is 25.0 Å². The molecule has 2 aromatic rings. The summed E-state index contributed by atoms with van der Waals surface area (Å²) in [6.07, 6.45) is 2.63. The molecule has 1 N–H and O–H groups in total. The van der Waals surface area contributed by atoms with E-state index in [-0.39, 0.29) is 0 Å². The van der Waals surface area contributed by atoms with Crippen molar-refractivity contribution in [2.45, 2.75) is 18.9 Å². The topological polar surface area (TPSA) is 43.4 Å². The maximum absolute atomic E-state index is 5.60. The second-order valence-electron chi connectivity index (χ2n) is 4.75. The number of para-hydroxylation sites is 1. The van der Waals surface area contributed by atoms with Gasteiger partial charge in [0.05, 0.1) is 18.9 Å². The smallest absolute Gasteiger partial charge is 0.183 e. The van der Waals surface area contributed by atoms with Crippen molar-refractivity contribution in [1.82, 2.24) is 4.98 Å². The second kappa shape index (κ2) is 6.24. The number of thiazole rings is 1. The summed E-state index contributed by atoms with van der Waals surface area (Å²) in [6, 6.07) is 7.94. The van der Waals surface area contributed by atoms with Gasteiger partial charge in [-0.1, -0.05) is 12.1 Å². The molecule has 1 aliphatic heterocycles. The molecule has 1 aromatic heterocycles. The van der Waals surface area contributed by atoms with Gasteiger partial charge in [-0.25, -0.2) is 4.98 Å². The zero-order chi connectivity index (χ0) is 13.8. The number of nitrogens with zero attached hydrogens (tertiary/aromatic N) is 1. The summed E-state index contributed by atoms with van der Waals surface area (Å²) in [5, 5.41) is 6.34. The largest absolute Gasteiger partial charge is 0.496 e. The van der Waals surface area contributed by atoms with Crippen LogP contribution in [0.5, 0.6) is 5.75 Å². The zero-order valence-electron chi connectivity index (χ0n) is 11.5. The summed E-state index contributed by atoms with van der Waals surface area (Å²) >= 11 is 1.61. The number of ether oxygens (including phenoxy) is 2. The van der Waals surface area contributed by atoms with E-state index in [1.807, 2.05) is 24.3 Å². The van der Waals surface area contributed by atoms with E-state index in [0.717, 1.165) is 48.1 Å². The van der Waals surface area contributed by atoms with E-state index < -0.39 is 0 Å². The Balaban J connectivity index is 1.69. The Hall–Kier alpha value is -1.59. The highest BCUT2D eigenvalue weighted by atomic mass is 32.1. The molecule has 1 saturated heterocycles. The molecule has 0 amide bonds. The van der Waals surface area contributed by atoms with E-state index in [0.29, 0.717) is 6.10 Å². The molecule has 0 saturated carbocycles.